The van der Waals surface area contributed by atoms with E-state index < -0.39 is 5.97 Å². The van der Waals surface area contributed by atoms with Crippen LogP contribution in [0.4, 0.5) is 0 Å². The smallest absolute Gasteiger partial charge is 0.303 e. The van der Waals surface area contributed by atoms with Gasteiger partial charge < -0.3 is 5.11 Å². The summed E-state index contributed by atoms with van der Waals surface area (Å²) in [6.45, 7) is 0. The Bertz CT molecular complexity index is 161. The van der Waals surface area contributed by atoms with Gasteiger partial charge in [0.2, 0.25) is 0 Å². The fraction of sp³-hybridized carbons (Fsp3) is 0.375. The van der Waals surface area contributed by atoms with Crippen LogP contribution in [0.1, 0.15) is 19.3 Å². The summed E-state index contributed by atoms with van der Waals surface area (Å²) in [4.78, 5) is 10.0. The molecule has 0 rings (SSSR count). The van der Waals surface area contributed by atoms with Crippen molar-refractivity contribution in [2.45, 2.75) is 19.3 Å². The van der Waals surface area contributed by atoms with Gasteiger partial charge in [0.25, 0.3) is 0 Å². The molecule has 1 N–H and O–H groups in total. The number of allylic oxidation sites excluding steroid dienone is 3. The predicted molar refractivity (Wildman–Crippen MR) is 45.6 cm³/mol. The fourth-order valence-electron chi connectivity index (χ4n) is 0.588. The molecule has 0 aromatic carbocycles. The molecule has 0 aliphatic heterocycles. The second-order valence-electron chi connectivity index (χ2n) is 2.03. The Kier molecular flexibility index (Phi) is 6.84. The van der Waals surface area contributed by atoms with Gasteiger partial charge in [-0.1, -0.05) is 29.8 Å². The third-order valence-electron chi connectivity index (χ3n) is 1.08. The molecule has 0 atom stereocenters. The number of hydrogen-bond donors (Lipinski definition) is 1. The first-order valence-corrected chi connectivity index (χ1v) is 3.84. The van der Waals surface area contributed by atoms with Crippen molar-refractivity contribution in [3.63, 3.8) is 0 Å². The van der Waals surface area contributed by atoms with Crippen molar-refractivity contribution in [1.29, 1.82) is 0 Å². The summed E-state index contributed by atoms with van der Waals surface area (Å²) >= 11 is 5.24. The van der Waals surface area contributed by atoms with E-state index in [1.54, 1.807) is 12.2 Å². The zero-order valence-electron chi connectivity index (χ0n) is 6.16. The molecule has 0 amide bonds. The van der Waals surface area contributed by atoms with Gasteiger partial charge in [-0.3, -0.25) is 4.79 Å². The summed E-state index contributed by atoms with van der Waals surface area (Å²) in [5.41, 5.74) is 1.41. The van der Waals surface area contributed by atoms with Crippen LogP contribution in [0.5, 0.6) is 0 Å². The van der Waals surface area contributed by atoms with Crippen LogP contribution in [-0.2, 0) is 4.79 Å². The summed E-state index contributed by atoms with van der Waals surface area (Å²) in [7, 11) is 0. The normalized spacial score (nSPS) is 11.4. The highest BCUT2D eigenvalue weighted by Crippen LogP contribution is 1.96. The first-order chi connectivity index (χ1) is 5.27. The van der Waals surface area contributed by atoms with Crippen LogP contribution in [0.25, 0.3) is 0 Å². The molecule has 62 valence electrons. The number of carbonyl (C=O) groups is 1. The number of hydrogen-bond acceptors (Lipinski definition) is 1. The van der Waals surface area contributed by atoms with E-state index in [1.807, 2.05) is 6.08 Å². The highest BCUT2D eigenvalue weighted by Gasteiger charge is 1.92. The molecule has 0 aliphatic carbocycles. The largest absolute Gasteiger partial charge is 0.481 e. The van der Waals surface area contributed by atoms with E-state index in [4.69, 9.17) is 16.7 Å². The number of rotatable bonds is 5. The van der Waals surface area contributed by atoms with Crippen molar-refractivity contribution in [2.24, 2.45) is 0 Å². The highest BCUT2D eigenvalue weighted by atomic mass is 35.5. The Hall–Kier alpha value is -0.760. The Labute approximate surface area is 71.2 Å². The molecule has 0 heterocycles. The van der Waals surface area contributed by atoms with Crippen molar-refractivity contribution in [3.8, 4) is 0 Å². The van der Waals surface area contributed by atoms with E-state index in [2.05, 4.69) is 0 Å². The molecule has 0 aromatic heterocycles. The summed E-state index contributed by atoms with van der Waals surface area (Å²) in [5, 5.41) is 8.26. The van der Waals surface area contributed by atoms with Gasteiger partial charge in [0.1, 0.15) is 0 Å². The molecule has 0 saturated heterocycles. The van der Waals surface area contributed by atoms with Crippen molar-refractivity contribution in [2.75, 3.05) is 0 Å². The van der Waals surface area contributed by atoms with Crippen LogP contribution in [0, 0.1) is 0 Å². The average molecular weight is 175 g/mol. The second-order valence-corrected chi connectivity index (χ2v) is 2.28. The Morgan fingerprint density at radius 2 is 2.18 bits per heavy atom. The summed E-state index contributed by atoms with van der Waals surface area (Å²) in [5.74, 6) is -0.744. The van der Waals surface area contributed by atoms with Crippen LogP contribution in [0.3, 0.4) is 0 Å². The third kappa shape index (κ3) is 9.24. The van der Waals surface area contributed by atoms with Crippen LogP contribution in [0.2, 0.25) is 0 Å². The van der Waals surface area contributed by atoms with E-state index >= 15 is 0 Å². The zero-order chi connectivity index (χ0) is 8.53. The molecule has 0 radical (unpaired) electrons. The van der Waals surface area contributed by atoms with E-state index in [9.17, 15) is 4.79 Å². The number of carboxylic acid groups (broad SMARTS) is 1. The molecule has 11 heavy (non-hydrogen) atoms. The lowest BCUT2D eigenvalue weighted by Gasteiger charge is -1.88. The summed E-state index contributed by atoms with van der Waals surface area (Å²) in [6.07, 6.45) is 7.09. The molecular formula is C8H11ClO2. The van der Waals surface area contributed by atoms with E-state index in [0.29, 0.717) is 6.42 Å². The summed E-state index contributed by atoms with van der Waals surface area (Å²) in [6, 6.07) is 0. The second kappa shape index (κ2) is 7.35. The lowest BCUT2D eigenvalue weighted by molar-refractivity contribution is -0.137. The molecule has 0 spiro atoms. The molecule has 0 unspecified atom stereocenters. The minimum absolute atomic E-state index is 0.231. The van der Waals surface area contributed by atoms with Crippen molar-refractivity contribution < 1.29 is 9.90 Å². The van der Waals surface area contributed by atoms with Gasteiger partial charge in [0.15, 0.2) is 0 Å². The average Bonchev–Trinajstić information content (AvgIpc) is 1.96. The number of aliphatic carboxylic acids is 1. The third-order valence-corrected chi connectivity index (χ3v) is 1.23. The van der Waals surface area contributed by atoms with Gasteiger partial charge in [0, 0.05) is 12.0 Å². The monoisotopic (exact) mass is 174 g/mol. The van der Waals surface area contributed by atoms with Crippen molar-refractivity contribution >= 4 is 17.6 Å². The molecule has 0 bridgehead atoms. The minimum Gasteiger partial charge on any atom is -0.481 e. The number of carboxylic acids is 1. The number of unbranched alkanes of at least 4 members (excludes halogenated alkanes) is 1. The lowest BCUT2D eigenvalue weighted by Crippen LogP contribution is -1.92. The van der Waals surface area contributed by atoms with Gasteiger partial charge in [-0.2, -0.15) is 0 Å². The van der Waals surface area contributed by atoms with Gasteiger partial charge >= 0.3 is 5.97 Å². The maximum atomic E-state index is 10.0. The molecule has 0 aromatic rings. The first-order valence-electron chi connectivity index (χ1n) is 3.41. The zero-order valence-corrected chi connectivity index (χ0v) is 6.92. The topological polar surface area (TPSA) is 37.3 Å². The maximum Gasteiger partial charge on any atom is 0.303 e. The summed E-state index contributed by atoms with van der Waals surface area (Å²) < 4.78 is 0. The van der Waals surface area contributed by atoms with Gasteiger partial charge in [-0.05, 0) is 12.8 Å². The van der Waals surface area contributed by atoms with Crippen molar-refractivity contribution in [1.82, 2.24) is 0 Å². The van der Waals surface area contributed by atoms with Gasteiger partial charge in [-0.15, -0.1) is 0 Å². The molecular weight excluding hydrogens is 164 g/mol. The SMILES string of the molecule is O=C(O)CCC/C=C/C=C/Cl. The number of halogens is 1. The lowest BCUT2D eigenvalue weighted by atomic mass is 10.2. The first kappa shape index (κ1) is 10.2. The Morgan fingerprint density at radius 3 is 2.73 bits per heavy atom. The predicted octanol–water partition coefficient (Wildman–Crippen LogP) is 2.55. The van der Waals surface area contributed by atoms with Crippen LogP contribution < -0.4 is 0 Å². The van der Waals surface area contributed by atoms with E-state index in [0.717, 1.165) is 6.42 Å². The fourth-order valence-corrected chi connectivity index (χ4v) is 0.672. The van der Waals surface area contributed by atoms with Crippen LogP contribution in [0.15, 0.2) is 23.8 Å². The Morgan fingerprint density at radius 1 is 1.45 bits per heavy atom. The van der Waals surface area contributed by atoms with Gasteiger partial charge in [-0.25, -0.2) is 0 Å². The quantitative estimate of drug-likeness (QED) is 0.514. The van der Waals surface area contributed by atoms with Crippen LogP contribution >= 0.6 is 11.6 Å². The van der Waals surface area contributed by atoms with Crippen LogP contribution in [-0.4, -0.2) is 11.1 Å². The van der Waals surface area contributed by atoms with E-state index in [-0.39, 0.29) is 6.42 Å². The van der Waals surface area contributed by atoms with E-state index in [1.165, 1.54) is 5.54 Å². The standard InChI is InChI=1S/C8H11ClO2/c9-7-5-3-1-2-4-6-8(10)11/h1,3,5,7H,2,4,6H2,(H,10,11)/b3-1+,7-5+. The Balaban J connectivity index is 3.20. The highest BCUT2D eigenvalue weighted by molar-refractivity contribution is 6.25. The van der Waals surface area contributed by atoms with Crippen molar-refractivity contribution in [3.05, 3.63) is 23.8 Å². The minimum atomic E-state index is -0.744. The molecule has 0 saturated carbocycles. The molecule has 0 fully saturated rings. The molecule has 2 nitrogen and oxygen atoms in total. The molecule has 0 aliphatic rings. The maximum absolute atomic E-state index is 10.0. The molecule has 3 heteroatoms. The van der Waals surface area contributed by atoms with Gasteiger partial charge in [0.05, 0.1) is 0 Å².